The largest absolute Gasteiger partial charge is 0.389 e. The summed E-state index contributed by atoms with van der Waals surface area (Å²) in [5.74, 6) is 0. The van der Waals surface area contributed by atoms with Crippen molar-refractivity contribution in [3.05, 3.63) is 40.4 Å². The van der Waals surface area contributed by atoms with Crippen molar-refractivity contribution in [1.29, 1.82) is 0 Å². The average molecular weight is 283 g/mol. The van der Waals surface area contributed by atoms with E-state index in [1.807, 2.05) is 36.4 Å². The molecule has 16 heavy (non-hydrogen) atoms. The topological polar surface area (TPSA) is 20.2 Å². The average Bonchev–Trinajstić information content (AvgIpc) is 2.27. The van der Waals surface area contributed by atoms with E-state index in [1.165, 1.54) is 12.8 Å². The molecule has 0 saturated heterocycles. The highest BCUT2D eigenvalue weighted by atomic mass is 79.9. The Kier molecular flexibility index (Phi) is 6.43. The number of benzene rings is 1. The van der Waals surface area contributed by atoms with Crippen LogP contribution >= 0.6 is 15.9 Å². The summed E-state index contributed by atoms with van der Waals surface area (Å²) in [4.78, 5) is 0. The smallest absolute Gasteiger partial charge is 0.0724 e. The summed E-state index contributed by atoms with van der Waals surface area (Å²) in [6.45, 7) is 2.17. The number of rotatable bonds is 6. The highest BCUT2D eigenvalue weighted by molar-refractivity contribution is 9.10. The molecule has 0 aliphatic carbocycles. The van der Waals surface area contributed by atoms with Crippen LogP contribution in [0.4, 0.5) is 0 Å². The van der Waals surface area contributed by atoms with Gasteiger partial charge in [-0.2, -0.15) is 0 Å². The van der Waals surface area contributed by atoms with Gasteiger partial charge in [-0.3, -0.25) is 0 Å². The van der Waals surface area contributed by atoms with Crippen LogP contribution in [0, 0.1) is 0 Å². The normalized spacial score (nSPS) is 13.2. The zero-order valence-electron chi connectivity index (χ0n) is 9.70. The third kappa shape index (κ3) is 5.47. The van der Waals surface area contributed by atoms with E-state index < -0.39 is 0 Å². The molecule has 0 heterocycles. The van der Waals surface area contributed by atoms with Crippen molar-refractivity contribution >= 4 is 22.0 Å². The van der Waals surface area contributed by atoms with E-state index >= 15 is 0 Å². The fourth-order valence-corrected chi connectivity index (χ4v) is 1.95. The molecule has 0 aliphatic rings. The van der Waals surface area contributed by atoms with Crippen molar-refractivity contribution in [2.45, 2.75) is 38.7 Å². The van der Waals surface area contributed by atoms with Crippen molar-refractivity contribution in [3.8, 4) is 0 Å². The lowest BCUT2D eigenvalue weighted by Crippen LogP contribution is -2.00. The monoisotopic (exact) mass is 282 g/mol. The van der Waals surface area contributed by atoms with Crippen LogP contribution < -0.4 is 0 Å². The highest BCUT2D eigenvalue weighted by Crippen LogP contribution is 2.13. The Morgan fingerprint density at radius 1 is 1.38 bits per heavy atom. The van der Waals surface area contributed by atoms with E-state index in [2.05, 4.69) is 22.9 Å². The number of halogens is 1. The van der Waals surface area contributed by atoms with Gasteiger partial charge >= 0.3 is 0 Å². The Balaban J connectivity index is 2.40. The summed E-state index contributed by atoms with van der Waals surface area (Å²) in [6, 6.07) is 8.05. The van der Waals surface area contributed by atoms with Crippen molar-refractivity contribution in [2.24, 2.45) is 0 Å². The molecule has 0 radical (unpaired) electrons. The van der Waals surface area contributed by atoms with Crippen molar-refractivity contribution in [3.63, 3.8) is 0 Å². The molecule has 1 rings (SSSR count). The summed E-state index contributed by atoms with van der Waals surface area (Å²) >= 11 is 3.42. The van der Waals surface area contributed by atoms with Crippen LogP contribution in [0.3, 0.4) is 0 Å². The van der Waals surface area contributed by atoms with E-state index in [1.54, 1.807) is 0 Å². The van der Waals surface area contributed by atoms with Gasteiger partial charge in [-0.1, -0.05) is 66.4 Å². The minimum Gasteiger partial charge on any atom is -0.389 e. The zero-order chi connectivity index (χ0) is 11.8. The third-order valence-electron chi connectivity index (χ3n) is 2.46. The number of hydrogen-bond donors (Lipinski definition) is 1. The van der Waals surface area contributed by atoms with E-state index in [0.717, 1.165) is 22.9 Å². The van der Waals surface area contributed by atoms with Crippen LogP contribution in [0.5, 0.6) is 0 Å². The molecule has 1 N–H and O–H groups in total. The third-order valence-corrected chi connectivity index (χ3v) is 2.96. The van der Waals surface area contributed by atoms with Gasteiger partial charge < -0.3 is 5.11 Å². The zero-order valence-corrected chi connectivity index (χ0v) is 11.3. The summed E-state index contributed by atoms with van der Waals surface area (Å²) in [5.41, 5.74) is 1.11. The molecule has 1 aromatic rings. The number of unbranched alkanes of at least 4 members (excludes halogenated alkanes) is 2. The second kappa shape index (κ2) is 7.64. The fraction of sp³-hybridized carbons (Fsp3) is 0.429. The molecule has 88 valence electrons. The summed E-state index contributed by atoms with van der Waals surface area (Å²) in [5, 5.41) is 9.71. The second-order valence-electron chi connectivity index (χ2n) is 3.98. The van der Waals surface area contributed by atoms with Crippen LogP contribution in [0.2, 0.25) is 0 Å². The maximum Gasteiger partial charge on any atom is 0.0724 e. The molecule has 0 saturated carbocycles. The van der Waals surface area contributed by atoms with Gasteiger partial charge in [0.25, 0.3) is 0 Å². The molecule has 2 heteroatoms. The summed E-state index contributed by atoms with van der Waals surface area (Å²) in [7, 11) is 0. The minimum atomic E-state index is -0.314. The SMILES string of the molecule is CCCCC[C@H](O)/C=C\c1cccc(Br)c1. The van der Waals surface area contributed by atoms with Gasteiger partial charge in [0, 0.05) is 4.47 Å². The van der Waals surface area contributed by atoms with Gasteiger partial charge in [0.2, 0.25) is 0 Å². The molecule has 1 nitrogen and oxygen atoms in total. The Bertz CT molecular complexity index is 333. The molecule has 0 amide bonds. The van der Waals surface area contributed by atoms with Crippen LogP contribution in [-0.2, 0) is 0 Å². The maximum absolute atomic E-state index is 9.71. The molecule has 0 aromatic heterocycles. The maximum atomic E-state index is 9.71. The van der Waals surface area contributed by atoms with Gasteiger partial charge in [0.15, 0.2) is 0 Å². The molecule has 1 aromatic carbocycles. The first-order valence-electron chi connectivity index (χ1n) is 5.84. The standard InChI is InChI=1S/C14H19BrO/c1-2-3-4-8-14(16)10-9-12-6-5-7-13(15)11-12/h5-7,9-11,14,16H,2-4,8H2,1H3/b10-9-/t14-/m0/s1. The molecule has 0 unspecified atom stereocenters. The van der Waals surface area contributed by atoms with E-state index in [4.69, 9.17) is 0 Å². The predicted octanol–water partition coefficient (Wildman–Crippen LogP) is 4.40. The summed E-state index contributed by atoms with van der Waals surface area (Å²) in [6.07, 6.45) is 7.88. The Morgan fingerprint density at radius 2 is 2.19 bits per heavy atom. The van der Waals surface area contributed by atoms with Gasteiger partial charge in [-0.25, -0.2) is 0 Å². The van der Waals surface area contributed by atoms with E-state index in [9.17, 15) is 5.11 Å². The number of aliphatic hydroxyl groups is 1. The Hall–Kier alpha value is -0.600. The molecular formula is C14H19BrO. The van der Waals surface area contributed by atoms with Crippen molar-refractivity contribution in [1.82, 2.24) is 0 Å². The second-order valence-corrected chi connectivity index (χ2v) is 4.89. The van der Waals surface area contributed by atoms with Crippen molar-refractivity contribution in [2.75, 3.05) is 0 Å². The van der Waals surface area contributed by atoms with Gasteiger partial charge in [-0.05, 0) is 24.1 Å². The van der Waals surface area contributed by atoms with Crippen LogP contribution in [0.15, 0.2) is 34.8 Å². The quantitative estimate of drug-likeness (QED) is 0.767. The van der Waals surface area contributed by atoms with Gasteiger partial charge in [0.05, 0.1) is 6.10 Å². The van der Waals surface area contributed by atoms with Crippen LogP contribution in [-0.4, -0.2) is 11.2 Å². The molecule has 0 aliphatic heterocycles. The highest BCUT2D eigenvalue weighted by Gasteiger charge is 1.98. The summed E-state index contributed by atoms with van der Waals surface area (Å²) < 4.78 is 1.06. The lowest BCUT2D eigenvalue weighted by atomic mass is 10.1. The first-order valence-corrected chi connectivity index (χ1v) is 6.63. The Morgan fingerprint density at radius 3 is 2.88 bits per heavy atom. The van der Waals surface area contributed by atoms with E-state index in [0.29, 0.717) is 0 Å². The van der Waals surface area contributed by atoms with Gasteiger partial charge in [0.1, 0.15) is 0 Å². The first kappa shape index (κ1) is 13.5. The molecular weight excluding hydrogens is 264 g/mol. The van der Waals surface area contributed by atoms with Crippen molar-refractivity contribution < 1.29 is 5.11 Å². The lowest BCUT2D eigenvalue weighted by Gasteiger charge is -2.04. The number of aliphatic hydroxyl groups excluding tert-OH is 1. The Labute approximate surface area is 106 Å². The van der Waals surface area contributed by atoms with Gasteiger partial charge in [-0.15, -0.1) is 0 Å². The fourth-order valence-electron chi connectivity index (χ4n) is 1.53. The predicted molar refractivity (Wildman–Crippen MR) is 73.3 cm³/mol. The van der Waals surface area contributed by atoms with Crippen LogP contribution in [0.25, 0.3) is 6.08 Å². The number of hydrogen-bond acceptors (Lipinski definition) is 1. The molecule has 0 spiro atoms. The first-order chi connectivity index (χ1) is 7.72. The molecule has 0 fully saturated rings. The molecule has 1 atom stereocenters. The van der Waals surface area contributed by atoms with Crippen LogP contribution in [0.1, 0.15) is 38.2 Å². The lowest BCUT2D eigenvalue weighted by molar-refractivity contribution is 0.209. The minimum absolute atomic E-state index is 0.314. The van der Waals surface area contributed by atoms with E-state index in [-0.39, 0.29) is 6.10 Å². The molecule has 0 bridgehead atoms.